The summed E-state index contributed by atoms with van der Waals surface area (Å²) in [6.07, 6.45) is 1.28. The molecule has 2 aromatic heterocycles. The Hall–Kier alpha value is -1.49. The highest BCUT2D eigenvalue weighted by atomic mass is 32.1. The number of carbonyl (C=O) groups excluding carboxylic acids is 1. The van der Waals surface area contributed by atoms with Gasteiger partial charge in [0, 0.05) is 11.8 Å². The largest absolute Gasteiger partial charge is 0.441 e. The van der Waals surface area contributed by atoms with Crippen LogP contribution in [-0.2, 0) is 0 Å². The number of aryl methyl sites for hydroxylation is 2. The molecule has 15 heavy (non-hydrogen) atoms. The third-order valence-corrected chi connectivity index (χ3v) is 2.91. The van der Waals surface area contributed by atoms with Crippen molar-refractivity contribution in [3.05, 3.63) is 22.0 Å². The van der Waals surface area contributed by atoms with Crippen LogP contribution in [0, 0.1) is 13.8 Å². The molecule has 0 saturated carbocycles. The van der Waals surface area contributed by atoms with Gasteiger partial charge in [-0.2, -0.15) is 0 Å². The lowest BCUT2D eigenvalue weighted by Crippen LogP contribution is -1.95. The molecule has 0 radical (unpaired) electrons. The quantitative estimate of drug-likeness (QED) is 0.733. The zero-order valence-electron chi connectivity index (χ0n) is 8.70. The fourth-order valence-electron chi connectivity index (χ4n) is 1.40. The Morgan fingerprint density at radius 3 is 2.73 bits per heavy atom. The Balaban J connectivity index is 2.58. The van der Waals surface area contributed by atoms with Crippen LogP contribution >= 0.6 is 11.3 Å². The van der Waals surface area contributed by atoms with E-state index in [2.05, 4.69) is 9.97 Å². The van der Waals surface area contributed by atoms with Gasteiger partial charge in [0.2, 0.25) is 0 Å². The molecule has 0 fully saturated rings. The maximum atomic E-state index is 11.3. The molecule has 0 bridgehead atoms. The number of aromatic nitrogens is 2. The number of ketones is 1. The summed E-state index contributed by atoms with van der Waals surface area (Å²) in [6.45, 7) is 5.34. The van der Waals surface area contributed by atoms with Crippen molar-refractivity contribution in [2.75, 3.05) is 0 Å². The van der Waals surface area contributed by atoms with Crippen LogP contribution in [0.15, 0.2) is 10.8 Å². The van der Waals surface area contributed by atoms with Crippen LogP contribution < -0.4 is 0 Å². The normalized spacial score (nSPS) is 10.6. The van der Waals surface area contributed by atoms with Crippen LogP contribution in [0.1, 0.15) is 27.3 Å². The van der Waals surface area contributed by atoms with E-state index in [9.17, 15) is 4.79 Å². The molecular formula is C10H10N2O2S. The van der Waals surface area contributed by atoms with Gasteiger partial charge in [-0.05, 0) is 13.8 Å². The van der Waals surface area contributed by atoms with Gasteiger partial charge in [0.25, 0.3) is 0 Å². The molecule has 78 valence electrons. The molecule has 0 amide bonds. The van der Waals surface area contributed by atoms with Crippen LogP contribution in [0.3, 0.4) is 0 Å². The smallest absolute Gasteiger partial charge is 0.184 e. The fraction of sp³-hybridized carbons (Fsp3) is 0.300. The van der Waals surface area contributed by atoms with Gasteiger partial charge in [-0.15, -0.1) is 11.3 Å². The average molecular weight is 222 g/mol. The van der Waals surface area contributed by atoms with Gasteiger partial charge in [-0.1, -0.05) is 0 Å². The number of thiazole rings is 1. The Bertz CT molecular complexity index is 513. The first-order valence-corrected chi connectivity index (χ1v) is 5.30. The number of carbonyl (C=O) groups is 1. The van der Waals surface area contributed by atoms with E-state index < -0.39 is 0 Å². The predicted octanol–water partition coefficient (Wildman–Crippen LogP) is 2.62. The maximum Gasteiger partial charge on any atom is 0.184 e. The number of hydrogen-bond donors (Lipinski definition) is 0. The highest BCUT2D eigenvalue weighted by Crippen LogP contribution is 2.29. The van der Waals surface area contributed by atoms with E-state index in [1.807, 2.05) is 13.8 Å². The number of rotatable bonds is 2. The number of hydrogen-bond acceptors (Lipinski definition) is 5. The van der Waals surface area contributed by atoms with Crippen LogP contribution in [0.25, 0.3) is 11.5 Å². The van der Waals surface area contributed by atoms with Crippen molar-refractivity contribution in [3.63, 3.8) is 0 Å². The van der Waals surface area contributed by atoms with Crippen molar-refractivity contribution in [3.8, 4) is 11.5 Å². The van der Waals surface area contributed by atoms with E-state index in [1.165, 1.54) is 13.3 Å². The van der Waals surface area contributed by atoms with Crippen LogP contribution in [0.4, 0.5) is 0 Å². The van der Waals surface area contributed by atoms with Crippen LogP contribution in [0.2, 0.25) is 0 Å². The SMILES string of the molecule is CC(=O)c1ncoc1-c1nc(C)sc1C. The zero-order valence-corrected chi connectivity index (χ0v) is 9.51. The second-order valence-electron chi connectivity index (χ2n) is 3.22. The Morgan fingerprint density at radius 2 is 2.20 bits per heavy atom. The van der Waals surface area contributed by atoms with E-state index in [1.54, 1.807) is 11.3 Å². The van der Waals surface area contributed by atoms with E-state index >= 15 is 0 Å². The zero-order chi connectivity index (χ0) is 11.0. The Labute approximate surface area is 91.0 Å². The second kappa shape index (κ2) is 3.58. The molecular weight excluding hydrogens is 212 g/mol. The standard InChI is InChI=1S/C10H10N2O2S/c1-5(13)8-10(14-4-11-8)9-6(2)15-7(3)12-9/h4H,1-3H3. The summed E-state index contributed by atoms with van der Waals surface area (Å²) >= 11 is 1.58. The fourth-order valence-corrected chi connectivity index (χ4v) is 2.22. The molecule has 2 rings (SSSR count). The van der Waals surface area contributed by atoms with E-state index in [4.69, 9.17) is 4.42 Å². The molecule has 0 atom stereocenters. The van der Waals surface area contributed by atoms with Gasteiger partial charge >= 0.3 is 0 Å². The molecule has 0 aliphatic carbocycles. The van der Waals surface area contributed by atoms with E-state index in [0.717, 1.165) is 15.6 Å². The molecule has 0 unspecified atom stereocenters. The van der Waals surface area contributed by atoms with Crippen molar-refractivity contribution < 1.29 is 9.21 Å². The first-order valence-electron chi connectivity index (χ1n) is 4.48. The molecule has 5 heteroatoms. The second-order valence-corrected chi connectivity index (χ2v) is 4.63. The summed E-state index contributed by atoms with van der Waals surface area (Å²) in [5.41, 5.74) is 1.07. The maximum absolute atomic E-state index is 11.3. The highest BCUT2D eigenvalue weighted by molar-refractivity contribution is 7.11. The molecule has 0 N–H and O–H groups in total. The lowest BCUT2D eigenvalue weighted by molar-refractivity contribution is 0.101. The van der Waals surface area contributed by atoms with Gasteiger partial charge < -0.3 is 4.42 Å². The van der Waals surface area contributed by atoms with E-state index in [0.29, 0.717) is 11.5 Å². The third-order valence-electron chi connectivity index (χ3n) is 2.02. The minimum atomic E-state index is -0.108. The summed E-state index contributed by atoms with van der Waals surface area (Å²) in [5, 5.41) is 0.952. The number of Topliss-reactive ketones (excluding diaryl/α,β-unsaturated/α-hetero) is 1. The lowest BCUT2D eigenvalue weighted by Gasteiger charge is -1.94. The van der Waals surface area contributed by atoms with Crippen molar-refractivity contribution >= 4 is 17.1 Å². The molecule has 0 aliphatic heterocycles. The van der Waals surface area contributed by atoms with Crippen molar-refractivity contribution in [2.45, 2.75) is 20.8 Å². The molecule has 0 saturated heterocycles. The van der Waals surface area contributed by atoms with Gasteiger partial charge in [0.05, 0.1) is 5.01 Å². The van der Waals surface area contributed by atoms with Gasteiger partial charge in [-0.3, -0.25) is 4.79 Å². The van der Waals surface area contributed by atoms with Crippen molar-refractivity contribution in [1.82, 2.24) is 9.97 Å². The Morgan fingerprint density at radius 1 is 1.47 bits per heavy atom. The Kier molecular flexibility index (Phi) is 2.40. The number of nitrogens with zero attached hydrogens (tertiary/aromatic N) is 2. The summed E-state index contributed by atoms with van der Waals surface area (Å²) in [4.78, 5) is 20.5. The minimum Gasteiger partial charge on any atom is -0.441 e. The molecule has 0 aliphatic rings. The van der Waals surface area contributed by atoms with Gasteiger partial charge in [-0.25, -0.2) is 9.97 Å². The highest BCUT2D eigenvalue weighted by Gasteiger charge is 2.19. The van der Waals surface area contributed by atoms with Crippen molar-refractivity contribution in [2.24, 2.45) is 0 Å². The van der Waals surface area contributed by atoms with Crippen LogP contribution in [0.5, 0.6) is 0 Å². The molecule has 2 aromatic rings. The van der Waals surface area contributed by atoms with E-state index in [-0.39, 0.29) is 5.78 Å². The predicted molar refractivity (Wildman–Crippen MR) is 57.1 cm³/mol. The lowest BCUT2D eigenvalue weighted by atomic mass is 10.2. The summed E-state index contributed by atoms with van der Waals surface area (Å²) in [6, 6.07) is 0. The summed E-state index contributed by atoms with van der Waals surface area (Å²) in [5.74, 6) is 0.369. The number of oxazole rings is 1. The molecule has 0 aromatic carbocycles. The first-order chi connectivity index (χ1) is 7.09. The van der Waals surface area contributed by atoms with Gasteiger partial charge in [0.15, 0.2) is 23.6 Å². The topological polar surface area (TPSA) is 56.0 Å². The minimum absolute atomic E-state index is 0.108. The monoisotopic (exact) mass is 222 g/mol. The average Bonchev–Trinajstić information content (AvgIpc) is 2.71. The molecule has 4 nitrogen and oxygen atoms in total. The van der Waals surface area contributed by atoms with Gasteiger partial charge in [0.1, 0.15) is 5.69 Å². The molecule has 2 heterocycles. The summed E-state index contributed by atoms with van der Waals surface area (Å²) < 4.78 is 5.22. The molecule has 0 spiro atoms. The first kappa shape index (κ1) is 10.0. The van der Waals surface area contributed by atoms with Crippen LogP contribution in [-0.4, -0.2) is 15.8 Å². The van der Waals surface area contributed by atoms with Crippen molar-refractivity contribution in [1.29, 1.82) is 0 Å². The summed E-state index contributed by atoms with van der Waals surface area (Å²) in [7, 11) is 0. The third kappa shape index (κ3) is 1.70.